The van der Waals surface area contributed by atoms with E-state index in [-0.39, 0.29) is 35.1 Å². The summed E-state index contributed by atoms with van der Waals surface area (Å²) in [4.78, 5) is 42.3. The van der Waals surface area contributed by atoms with Crippen LogP contribution >= 0.6 is 0 Å². The number of imide groups is 1. The van der Waals surface area contributed by atoms with E-state index >= 15 is 0 Å². The van der Waals surface area contributed by atoms with E-state index < -0.39 is 0 Å². The van der Waals surface area contributed by atoms with Crippen molar-refractivity contribution in [2.24, 2.45) is 10.8 Å². The molecule has 3 aliphatic rings. The molecule has 0 spiro atoms. The lowest BCUT2D eigenvalue weighted by Crippen LogP contribution is -2.47. The average Bonchev–Trinajstić information content (AvgIpc) is 3.17. The fraction of sp³-hybridized carbons (Fsp3) is 0.480. The van der Waals surface area contributed by atoms with Gasteiger partial charge in [0.1, 0.15) is 0 Å². The molecule has 5 heteroatoms. The van der Waals surface area contributed by atoms with Crippen LogP contribution in [0.4, 0.5) is 0 Å². The number of hydrogen-bond donors (Lipinski definition) is 0. The molecular formula is C25H28N2O3. The van der Waals surface area contributed by atoms with Gasteiger partial charge in [0, 0.05) is 42.1 Å². The topological polar surface area (TPSA) is 57.7 Å². The second-order valence-electron chi connectivity index (χ2n) is 10.3. The minimum Gasteiger partial charge on any atom is -0.339 e. The first kappa shape index (κ1) is 19.3. The number of rotatable bonds is 4. The maximum Gasteiger partial charge on any atom is 0.261 e. The SMILES string of the molecule is CC1(C)C[C@]2(C)C[C@@H]1N(C(=O)CCCN1C(=O)c3cccc4cccc(c34)C1=O)C2. The van der Waals surface area contributed by atoms with E-state index in [2.05, 4.69) is 25.7 Å². The highest BCUT2D eigenvalue weighted by atomic mass is 16.2. The number of piperidine rings is 1. The molecule has 2 atom stereocenters. The Labute approximate surface area is 177 Å². The van der Waals surface area contributed by atoms with Crippen molar-refractivity contribution >= 4 is 28.5 Å². The molecule has 2 fully saturated rings. The Morgan fingerprint density at radius 1 is 1.03 bits per heavy atom. The van der Waals surface area contributed by atoms with Crippen LogP contribution in [0.1, 0.15) is 67.2 Å². The molecule has 1 saturated heterocycles. The van der Waals surface area contributed by atoms with Crippen LogP contribution in [0.15, 0.2) is 36.4 Å². The highest BCUT2D eigenvalue weighted by Crippen LogP contribution is 2.56. The summed E-state index contributed by atoms with van der Waals surface area (Å²) in [6.45, 7) is 7.90. The third-order valence-corrected chi connectivity index (χ3v) is 7.35. The normalized spacial score (nSPS) is 26.7. The van der Waals surface area contributed by atoms with Gasteiger partial charge in [-0.15, -0.1) is 0 Å². The molecule has 1 aliphatic carbocycles. The van der Waals surface area contributed by atoms with Gasteiger partial charge in [-0.2, -0.15) is 0 Å². The molecule has 2 heterocycles. The van der Waals surface area contributed by atoms with E-state index in [0.717, 1.165) is 30.2 Å². The summed E-state index contributed by atoms with van der Waals surface area (Å²) >= 11 is 0. The maximum absolute atomic E-state index is 13.0. The van der Waals surface area contributed by atoms with Crippen LogP contribution in [0.5, 0.6) is 0 Å². The lowest BCUT2D eigenvalue weighted by Gasteiger charge is -2.41. The number of hydrogen-bond acceptors (Lipinski definition) is 3. The largest absolute Gasteiger partial charge is 0.339 e. The van der Waals surface area contributed by atoms with E-state index in [0.29, 0.717) is 30.0 Å². The molecule has 2 aromatic carbocycles. The van der Waals surface area contributed by atoms with Crippen molar-refractivity contribution < 1.29 is 14.4 Å². The molecule has 1 saturated carbocycles. The van der Waals surface area contributed by atoms with E-state index in [4.69, 9.17) is 0 Å². The molecule has 0 aromatic heterocycles. The minimum atomic E-state index is -0.259. The number of carbonyl (C=O) groups is 3. The molecule has 3 amide bonds. The molecule has 2 aromatic rings. The quantitative estimate of drug-likeness (QED) is 0.716. The molecule has 2 bridgehead atoms. The van der Waals surface area contributed by atoms with E-state index in [1.165, 1.54) is 4.90 Å². The van der Waals surface area contributed by atoms with Crippen LogP contribution < -0.4 is 0 Å². The maximum atomic E-state index is 13.0. The molecule has 0 radical (unpaired) electrons. The summed E-state index contributed by atoms with van der Waals surface area (Å²) in [5, 5.41) is 1.65. The predicted molar refractivity (Wildman–Crippen MR) is 115 cm³/mol. The van der Waals surface area contributed by atoms with Gasteiger partial charge in [0.15, 0.2) is 0 Å². The molecule has 5 rings (SSSR count). The van der Waals surface area contributed by atoms with Crippen molar-refractivity contribution in [3.8, 4) is 0 Å². The third kappa shape index (κ3) is 2.78. The second kappa shape index (κ2) is 6.40. The highest BCUT2D eigenvalue weighted by Gasteiger charge is 2.57. The number of benzene rings is 2. The Kier molecular flexibility index (Phi) is 4.12. The zero-order valence-corrected chi connectivity index (χ0v) is 17.9. The summed E-state index contributed by atoms with van der Waals surface area (Å²) < 4.78 is 0. The van der Waals surface area contributed by atoms with Gasteiger partial charge < -0.3 is 4.90 Å². The van der Waals surface area contributed by atoms with E-state index in [9.17, 15) is 14.4 Å². The Bertz CT molecular complexity index is 1040. The lowest BCUT2D eigenvalue weighted by atomic mass is 9.79. The van der Waals surface area contributed by atoms with Crippen LogP contribution in [-0.4, -0.2) is 46.7 Å². The summed E-state index contributed by atoms with van der Waals surface area (Å²) in [7, 11) is 0. The predicted octanol–water partition coefficient (Wildman–Crippen LogP) is 4.25. The molecule has 30 heavy (non-hydrogen) atoms. The number of amides is 3. The number of fused-ring (bicyclic) bond motifs is 2. The smallest absolute Gasteiger partial charge is 0.261 e. The summed E-state index contributed by atoms with van der Waals surface area (Å²) in [6.07, 6.45) is 3.10. The number of likely N-dealkylation sites (tertiary alicyclic amines) is 1. The van der Waals surface area contributed by atoms with Gasteiger partial charge in [-0.1, -0.05) is 45.0 Å². The van der Waals surface area contributed by atoms with Crippen LogP contribution in [-0.2, 0) is 4.79 Å². The van der Waals surface area contributed by atoms with Crippen molar-refractivity contribution in [1.82, 2.24) is 9.80 Å². The fourth-order valence-corrected chi connectivity index (χ4v) is 6.28. The highest BCUT2D eigenvalue weighted by molar-refractivity contribution is 6.25. The molecule has 2 aliphatic heterocycles. The first-order valence-electron chi connectivity index (χ1n) is 10.9. The Morgan fingerprint density at radius 3 is 2.23 bits per heavy atom. The van der Waals surface area contributed by atoms with Crippen molar-refractivity contribution in [1.29, 1.82) is 0 Å². The van der Waals surface area contributed by atoms with Crippen molar-refractivity contribution in [2.45, 2.75) is 52.5 Å². The molecular weight excluding hydrogens is 376 g/mol. The standard InChI is InChI=1S/C25H28N2O3/c1-24(2)14-25(3)13-19(24)27(15-25)20(28)11-6-12-26-22(29)17-9-4-7-16-8-5-10-18(21(16)17)23(26)30/h4-5,7-10,19H,6,11-15H2,1-3H3/t19-,25-/m0/s1. The minimum absolute atomic E-state index is 0.149. The Hall–Kier alpha value is -2.69. The van der Waals surface area contributed by atoms with Gasteiger partial charge in [0.25, 0.3) is 11.8 Å². The summed E-state index contributed by atoms with van der Waals surface area (Å²) in [6, 6.07) is 11.4. The number of nitrogens with zero attached hydrogens (tertiary/aromatic N) is 2. The molecule has 0 unspecified atom stereocenters. The first-order valence-corrected chi connectivity index (χ1v) is 10.9. The molecule has 0 N–H and O–H groups in total. The second-order valence-corrected chi connectivity index (χ2v) is 10.3. The zero-order valence-electron chi connectivity index (χ0n) is 17.9. The van der Waals surface area contributed by atoms with Gasteiger partial charge in [-0.25, -0.2) is 0 Å². The summed E-state index contributed by atoms with van der Waals surface area (Å²) in [5.74, 6) is -0.368. The van der Waals surface area contributed by atoms with Crippen LogP contribution in [0.25, 0.3) is 10.8 Å². The van der Waals surface area contributed by atoms with Gasteiger partial charge in [-0.3, -0.25) is 19.3 Å². The average molecular weight is 405 g/mol. The Morgan fingerprint density at radius 2 is 1.67 bits per heavy atom. The number of carbonyl (C=O) groups excluding carboxylic acids is 3. The molecule has 156 valence electrons. The van der Waals surface area contributed by atoms with Gasteiger partial charge in [0.05, 0.1) is 0 Å². The summed E-state index contributed by atoms with van der Waals surface area (Å²) in [5.41, 5.74) is 1.52. The van der Waals surface area contributed by atoms with E-state index in [1.807, 2.05) is 24.3 Å². The van der Waals surface area contributed by atoms with Gasteiger partial charge in [0.2, 0.25) is 5.91 Å². The monoisotopic (exact) mass is 404 g/mol. The van der Waals surface area contributed by atoms with Crippen LogP contribution in [0, 0.1) is 10.8 Å². The van der Waals surface area contributed by atoms with Crippen molar-refractivity contribution in [3.05, 3.63) is 47.5 Å². The van der Waals surface area contributed by atoms with Crippen molar-refractivity contribution in [3.63, 3.8) is 0 Å². The molecule has 5 nitrogen and oxygen atoms in total. The van der Waals surface area contributed by atoms with Gasteiger partial charge in [-0.05, 0) is 47.6 Å². The first-order chi connectivity index (χ1) is 14.2. The van der Waals surface area contributed by atoms with Crippen molar-refractivity contribution in [2.75, 3.05) is 13.1 Å². The Balaban J connectivity index is 1.28. The zero-order chi connectivity index (χ0) is 21.3. The lowest BCUT2D eigenvalue weighted by molar-refractivity contribution is -0.136. The van der Waals surface area contributed by atoms with E-state index in [1.54, 1.807) is 12.1 Å². The third-order valence-electron chi connectivity index (χ3n) is 7.35. The van der Waals surface area contributed by atoms with Crippen LogP contribution in [0.3, 0.4) is 0 Å². The fourth-order valence-electron chi connectivity index (χ4n) is 6.28. The van der Waals surface area contributed by atoms with Crippen LogP contribution in [0.2, 0.25) is 0 Å². The van der Waals surface area contributed by atoms with Gasteiger partial charge >= 0.3 is 0 Å².